The molecule has 0 aliphatic carbocycles. The molecule has 0 aromatic rings. The van der Waals surface area contributed by atoms with Crippen molar-refractivity contribution in [2.75, 3.05) is 26.7 Å². The van der Waals surface area contributed by atoms with Gasteiger partial charge in [0.2, 0.25) is 5.91 Å². The Balaban J connectivity index is 0.00000225. The van der Waals surface area contributed by atoms with Crippen LogP contribution in [0.15, 0.2) is 0 Å². The molecule has 1 fully saturated rings. The summed E-state index contributed by atoms with van der Waals surface area (Å²) in [5.41, 5.74) is 0. The third kappa shape index (κ3) is 5.14. The Morgan fingerprint density at radius 2 is 2.25 bits per heavy atom. The van der Waals surface area contributed by atoms with E-state index in [0.717, 1.165) is 32.5 Å². The van der Waals surface area contributed by atoms with Gasteiger partial charge in [-0.1, -0.05) is 0 Å². The molecule has 1 heterocycles. The van der Waals surface area contributed by atoms with Gasteiger partial charge in [0.1, 0.15) is 0 Å². The second kappa shape index (κ2) is 7.87. The van der Waals surface area contributed by atoms with Gasteiger partial charge in [-0.3, -0.25) is 4.79 Å². The van der Waals surface area contributed by atoms with E-state index in [1.54, 1.807) is 0 Å². The maximum Gasteiger partial charge on any atom is 0.237 e. The third-order valence-corrected chi connectivity index (χ3v) is 3.02. The molecule has 5 heteroatoms. The van der Waals surface area contributed by atoms with Crippen molar-refractivity contribution in [3.8, 4) is 0 Å². The minimum atomic E-state index is 0. The van der Waals surface area contributed by atoms with E-state index in [4.69, 9.17) is 0 Å². The lowest BCUT2D eigenvalue weighted by molar-refractivity contribution is -0.122. The molecule has 1 saturated heterocycles. The predicted octanol–water partition coefficient (Wildman–Crippen LogP) is 0.617. The van der Waals surface area contributed by atoms with Crippen LogP contribution in [0.25, 0.3) is 0 Å². The van der Waals surface area contributed by atoms with Crippen LogP contribution >= 0.6 is 12.4 Å². The van der Waals surface area contributed by atoms with Gasteiger partial charge in [-0.25, -0.2) is 0 Å². The Kier molecular flexibility index (Phi) is 7.72. The number of rotatable bonds is 5. The largest absolute Gasteiger partial charge is 0.353 e. The fourth-order valence-corrected chi connectivity index (χ4v) is 1.65. The summed E-state index contributed by atoms with van der Waals surface area (Å²) in [7, 11) is 2.07. The van der Waals surface area contributed by atoms with Gasteiger partial charge in [-0.15, -0.1) is 12.4 Å². The van der Waals surface area contributed by atoms with E-state index in [2.05, 4.69) is 36.4 Å². The highest BCUT2D eigenvalue weighted by molar-refractivity contribution is 5.85. The maximum atomic E-state index is 11.6. The Labute approximate surface area is 105 Å². The van der Waals surface area contributed by atoms with Gasteiger partial charge in [0.15, 0.2) is 0 Å². The fourth-order valence-electron chi connectivity index (χ4n) is 1.65. The van der Waals surface area contributed by atoms with E-state index in [0.29, 0.717) is 6.04 Å². The summed E-state index contributed by atoms with van der Waals surface area (Å²) in [6.07, 6.45) is 2.09. The van der Waals surface area contributed by atoms with Crippen molar-refractivity contribution in [2.45, 2.75) is 38.8 Å². The number of likely N-dealkylation sites (N-methyl/N-ethyl adjacent to an activating group) is 1. The van der Waals surface area contributed by atoms with Crippen LogP contribution in [0, 0.1) is 0 Å². The van der Waals surface area contributed by atoms with Crippen LogP contribution in [0.5, 0.6) is 0 Å². The van der Waals surface area contributed by atoms with Crippen molar-refractivity contribution >= 4 is 18.3 Å². The average Bonchev–Trinajstić information content (AvgIpc) is 2.70. The van der Waals surface area contributed by atoms with Crippen LogP contribution in [-0.2, 0) is 4.79 Å². The lowest BCUT2D eigenvalue weighted by atomic mass is 10.2. The zero-order valence-corrected chi connectivity index (χ0v) is 11.3. The molecule has 0 radical (unpaired) electrons. The van der Waals surface area contributed by atoms with Gasteiger partial charge in [-0.05, 0) is 40.3 Å². The molecular formula is C11H24ClN3O. The van der Waals surface area contributed by atoms with Crippen LogP contribution in [0.3, 0.4) is 0 Å². The first kappa shape index (κ1) is 15.7. The van der Waals surface area contributed by atoms with Crippen molar-refractivity contribution < 1.29 is 4.79 Å². The normalized spacial score (nSPS) is 19.9. The van der Waals surface area contributed by atoms with Crippen molar-refractivity contribution in [1.82, 2.24) is 15.5 Å². The van der Waals surface area contributed by atoms with E-state index in [-0.39, 0.29) is 24.4 Å². The summed E-state index contributed by atoms with van der Waals surface area (Å²) in [5, 5.41) is 6.16. The summed E-state index contributed by atoms with van der Waals surface area (Å²) in [5.74, 6) is 0.157. The molecule has 0 spiro atoms. The number of nitrogens with zero attached hydrogens (tertiary/aromatic N) is 1. The monoisotopic (exact) mass is 249 g/mol. The molecule has 0 bridgehead atoms. The van der Waals surface area contributed by atoms with Crippen molar-refractivity contribution in [3.05, 3.63) is 0 Å². The highest BCUT2D eigenvalue weighted by atomic mass is 35.5. The molecule has 1 amide bonds. The Bertz CT molecular complexity index is 205. The second-order valence-electron chi connectivity index (χ2n) is 4.51. The maximum absolute atomic E-state index is 11.6. The highest BCUT2D eigenvalue weighted by Crippen LogP contribution is 2.04. The minimum absolute atomic E-state index is 0. The van der Waals surface area contributed by atoms with Crippen molar-refractivity contribution in [2.24, 2.45) is 0 Å². The Morgan fingerprint density at radius 3 is 2.75 bits per heavy atom. The summed E-state index contributed by atoms with van der Waals surface area (Å²) in [6.45, 7) is 6.94. The number of halogens is 1. The first-order chi connectivity index (χ1) is 7.11. The third-order valence-electron chi connectivity index (χ3n) is 3.02. The molecule has 96 valence electrons. The van der Waals surface area contributed by atoms with Gasteiger partial charge in [0.05, 0.1) is 6.04 Å². The van der Waals surface area contributed by atoms with Gasteiger partial charge < -0.3 is 15.5 Å². The molecule has 1 rings (SSSR count). The van der Waals surface area contributed by atoms with E-state index in [1.807, 2.05) is 0 Å². The molecule has 1 aliphatic heterocycles. The lowest BCUT2D eigenvalue weighted by Crippen LogP contribution is -2.43. The molecule has 0 aromatic heterocycles. The smallest absolute Gasteiger partial charge is 0.237 e. The molecule has 1 atom stereocenters. The van der Waals surface area contributed by atoms with E-state index >= 15 is 0 Å². The average molecular weight is 250 g/mol. The summed E-state index contributed by atoms with van der Waals surface area (Å²) in [4.78, 5) is 13.8. The van der Waals surface area contributed by atoms with Gasteiger partial charge in [-0.2, -0.15) is 0 Å². The number of carbonyl (C=O) groups is 1. The van der Waals surface area contributed by atoms with Crippen LogP contribution in [-0.4, -0.2) is 49.6 Å². The first-order valence-corrected chi connectivity index (χ1v) is 5.82. The SMILES string of the molecule is CC(C)N(C)CCNC(=O)[C@@H]1CCCN1.Cl. The minimum Gasteiger partial charge on any atom is -0.353 e. The van der Waals surface area contributed by atoms with Gasteiger partial charge in [0, 0.05) is 19.1 Å². The summed E-state index contributed by atoms with van der Waals surface area (Å²) in [6, 6.07) is 0.584. The first-order valence-electron chi connectivity index (χ1n) is 5.82. The summed E-state index contributed by atoms with van der Waals surface area (Å²) >= 11 is 0. The molecule has 0 aromatic carbocycles. The van der Waals surface area contributed by atoms with Gasteiger partial charge in [0.25, 0.3) is 0 Å². The number of nitrogens with one attached hydrogen (secondary N) is 2. The predicted molar refractivity (Wildman–Crippen MR) is 69.0 cm³/mol. The summed E-state index contributed by atoms with van der Waals surface area (Å²) < 4.78 is 0. The molecule has 1 aliphatic rings. The van der Waals surface area contributed by atoms with Gasteiger partial charge >= 0.3 is 0 Å². The molecule has 0 saturated carbocycles. The van der Waals surface area contributed by atoms with Crippen LogP contribution < -0.4 is 10.6 Å². The zero-order valence-electron chi connectivity index (χ0n) is 10.5. The highest BCUT2D eigenvalue weighted by Gasteiger charge is 2.21. The number of hydrogen-bond acceptors (Lipinski definition) is 3. The Hall–Kier alpha value is -0.320. The number of amides is 1. The topological polar surface area (TPSA) is 44.4 Å². The lowest BCUT2D eigenvalue weighted by Gasteiger charge is -2.21. The standard InChI is InChI=1S/C11H23N3O.ClH/c1-9(2)14(3)8-7-13-11(15)10-5-4-6-12-10;/h9-10,12H,4-8H2,1-3H3,(H,13,15);1H/t10-;/m0./s1. The molecule has 2 N–H and O–H groups in total. The molecule has 4 nitrogen and oxygen atoms in total. The van der Waals surface area contributed by atoms with E-state index < -0.39 is 0 Å². The number of hydrogen-bond donors (Lipinski definition) is 2. The quantitative estimate of drug-likeness (QED) is 0.751. The fraction of sp³-hybridized carbons (Fsp3) is 0.909. The van der Waals surface area contributed by atoms with E-state index in [1.165, 1.54) is 0 Å². The van der Waals surface area contributed by atoms with Crippen LogP contribution in [0.2, 0.25) is 0 Å². The van der Waals surface area contributed by atoms with E-state index in [9.17, 15) is 4.79 Å². The molecule has 16 heavy (non-hydrogen) atoms. The van der Waals surface area contributed by atoms with Crippen molar-refractivity contribution in [1.29, 1.82) is 0 Å². The van der Waals surface area contributed by atoms with Crippen LogP contribution in [0.1, 0.15) is 26.7 Å². The Morgan fingerprint density at radius 1 is 1.56 bits per heavy atom. The molecule has 0 unspecified atom stereocenters. The zero-order chi connectivity index (χ0) is 11.3. The second-order valence-corrected chi connectivity index (χ2v) is 4.51. The number of carbonyl (C=O) groups excluding carboxylic acids is 1. The van der Waals surface area contributed by atoms with Crippen LogP contribution in [0.4, 0.5) is 0 Å². The van der Waals surface area contributed by atoms with Crippen molar-refractivity contribution in [3.63, 3.8) is 0 Å². The molecular weight excluding hydrogens is 226 g/mol.